The number of unbranched alkanes of at least 4 members (excludes halogenated alkanes) is 1. The molecule has 0 bridgehead atoms. The molecule has 3 amide bonds. The van der Waals surface area contributed by atoms with Gasteiger partial charge in [-0.3, -0.25) is 9.69 Å². The molecular weight excluding hydrogens is 282 g/mol. The Kier molecular flexibility index (Phi) is 4.06. The molecule has 7 nitrogen and oxygen atoms in total. The standard InChI is InChI=1S/C12H21N3O4S/c1-3-4-9-20(18,19)15-7-5-12(6-8-15)10(16)14(2)11(17)13-12/h3-9H2,1-2H3,(H,13,17). The lowest BCUT2D eigenvalue weighted by Gasteiger charge is -2.36. The minimum Gasteiger partial charge on any atom is -0.323 e. The van der Waals surface area contributed by atoms with Crippen molar-refractivity contribution in [3.05, 3.63) is 0 Å². The van der Waals surface area contributed by atoms with Crippen LogP contribution in [0.4, 0.5) is 4.79 Å². The van der Waals surface area contributed by atoms with E-state index in [1.165, 1.54) is 11.4 Å². The van der Waals surface area contributed by atoms with Crippen molar-refractivity contribution in [2.24, 2.45) is 0 Å². The van der Waals surface area contributed by atoms with E-state index in [4.69, 9.17) is 0 Å². The van der Waals surface area contributed by atoms with Gasteiger partial charge in [0, 0.05) is 20.1 Å². The highest BCUT2D eigenvalue weighted by molar-refractivity contribution is 7.89. The first kappa shape index (κ1) is 15.2. The SMILES string of the molecule is CCCCS(=O)(=O)N1CCC2(CC1)NC(=O)N(C)C2=O. The van der Waals surface area contributed by atoms with E-state index in [2.05, 4.69) is 5.32 Å². The van der Waals surface area contributed by atoms with E-state index in [0.717, 1.165) is 11.3 Å². The van der Waals surface area contributed by atoms with Gasteiger partial charge in [0.25, 0.3) is 5.91 Å². The molecule has 1 spiro atoms. The number of amides is 3. The maximum absolute atomic E-state index is 12.1. The third-order valence-electron chi connectivity index (χ3n) is 4.09. The van der Waals surface area contributed by atoms with Crippen LogP contribution in [0.5, 0.6) is 0 Å². The molecule has 0 saturated carbocycles. The van der Waals surface area contributed by atoms with E-state index >= 15 is 0 Å². The van der Waals surface area contributed by atoms with E-state index in [1.807, 2.05) is 6.92 Å². The Morgan fingerprint density at radius 2 is 1.85 bits per heavy atom. The van der Waals surface area contributed by atoms with Gasteiger partial charge in [-0.1, -0.05) is 13.3 Å². The maximum Gasteiger partial charge on any atom is 0.324 e. The number of rotatable bonds is 4. The maximum atomic E-state index is 12.1. The zero-order chi connectivity index (χ0) is 15.0. The topological polar surface area (TPSA) is 86.8 Å². The molecule has 8 heteroatoms. The average molecular weight is 303 g/mol. The zero-order valence-electron chi connectivity index (χ0n) is 11.9. The highest BCUT2D eigenvalue weighted by Crippen LogP contribution is 2.29. The third kappa shape index (κ3) is 2.54. The summed E-state index contributed by atoms with van der Waals surface area (Å²) >= 11 is 0. The summed E-state index contributed by atoms with van der Waals surface area (Å²) in [6.45, 7) is 2.51. The number of urea groups is 1. The summed E-state index contributed by atoms with van der Waals surface area (Å²) < 4.78 is 25.6. The summed E-state index contributed by atoms with van der Waals surface area (Å²) in [7, 11) is -1.80. The Morgan fingerprint density at radius 1 is 1.25 bits per heavy atom. The van der Waals surface area contributed by atoms with Crippen LogP contribution in [0.1, 0.15) is 32.6 Å². The van der Waals surface area contributed by atoms with Crippen LogP contribution in [0.15, 0.2) is 0 Å². The van der Waals surface area contributed by atoms with Crippen molar-refractivity contribution in [1.29, 1.82) is 0 Å². The molecule has 0 aromatic rings. The molecule has 1 N–H and O–H groups in total. The zero-order valence-corrected chi connectivity index (χ0v) is 12.7. The van der Waals surface area contributed by atoms with Crippen LogP contribution in [0.2, 0.25) is 0 Å². The predicted octanol–water partition coefficient (Wildman–Crippen LogP) is 0.133. The molecule has 2 rings (SSSR count). The monoisotopic (exact) mass is 303 g/mol. The minimum atomic E-state index is -3.24. The molecule has 20 heavy (non-hydrogen) atoms. The minimum absolute atomic E-state index is 0.150. The highest BCUT2D eigenvalue weighted by Gasteiger charge is 2.51. The smallest absolute Gasteiger partial charge is 0.323 e. The van der Waals surface area contributed by atoms with Crippen molar-refractivity contribution >= 4 is 22.0 Å². The molecule has 2 saturated heterocycles. The second kappa shape index (κ2) is 5.33. The summed E-state index contributed by atoms with van der Waals surface area (Å²) in [5.41, 5.74) is -0.900. The quantitative estimate of drug-likeness (QED) is 0.748. The Labute approximate surface area is 119 Å². The van der Waals surface area contributed by atoms with Crippen LogP contribution >= 0.6 is 0 Å². The number of imide groups is 1. The number of nitrogens with one attached hydrogen (secondary N) is 1. The Balaban J connectivity index is 2.03. The number of hydrogen-bond acceptors (Lipinski definition) is 4. The van der Waals surface area contributed by atoms with Gasteiger partial charge in [-0.25, -0.2) is 17.5 Å². The largest absolute Gasteiger partial charge is 0.324 e. The lowest BCUT2D eigenvalue weighted by atomic mass is 9.88. The van der Waals surface area contributed by atoms with Gasteiger partial charge in [0.05, 0.1) is 5.75 Å². The van der Waals surface area contributed by atoms with Gasteiger partial charge >= 0.3 is 6.03 Å². The molecule has 0 aliphatic carbocycles. The van der Waals surface area contributed by atoms with Gasteiger partial charge in [-0.15, -0.1) is 0 Å². The van der Waals surface area contributed by atoms with Crippen molar-refractivity contribution in [2.45, 2.75) is 38.1 Å². The normalized spacial score (nSPS) is 23.4. The molecular formula is C12H21N3O4S. The predicted molar refractivity (Wildman–Crippen MR) is 73.5 cm³/mol. The van der Waals surface area contributed by atoms with Crippen molar-refractivity contribution in [3.63, 3.8) is 0 Å². The van der Waals surface area contributed by atoms with Crippen molar-refractivity contribution in [2.75, 3.05) is 25.9 Å². The van der Waals surface area contributed by atoms with Crippen molar-refractivity contribution < 1.29 is 18.0 Å². The summed E-state index contributed by atoms with van der Waals surface area (Å²) in [4.78, 5) is 24.7. The number of hydrogen-bond donors (Lipinski definition) is 1. The van der Waals surface area contributed by atoms with E-state index in [1.54, 1.807) is 0 Å². The summed E-state index contributed by atoms with van der Waals surface area (Å²) in [5.74, 6) is -0.107. The molecule has 0 aromatic heterocycles. The fourth-order valence-corrected chi connectivity index (χ4v) is 4.35. The van der Waals surface area contributed by atoms with Gasteiger partial charge in [-0.05, 0) is 19.3 Å². The molecule has 2 aliphatic rings. The van der Waals surface area contributed by atoms with Crippen LogP contribution < -0.4 is 5.32 Å². The molecule has 0 radical (unpaired) electrons. The molecule has 2 aliphatic heterocycles. The number of sulfonamides is 1. The van der Waals surface area contributed by atoms with Gasteiger partial charge in [-0.2, -0.15) is 0 Å². The molecule has 0 unspecified atom stereocenters. The summed E-state index contributed by atoms with van der Waals surface area (Å²) in [6.07, 6.45) is 2.15. The van der Waals surface area contributed by atoms with Crippen LogP contribution in [-0.2, 0) is 14.8 Å². The van der Waals surface area contributed by atoms with Gasteiger partial charge in [0.2, 0.25) is 10.0 Å². The second-order valence-electron chi connectivity index (χ2n) is 5.45. The third-order valence-corrected chi connectivity index (χ3v) is 6.05. The van der Waals surface area contributed by atoms with E-state index in [0.29, 0.717) is 19.3 Å². The fraction of sp³-hybridized carbons (Fsp3) is 0.833. The molecule has 2 heterocycles. The van der Waals surface area contributed by atoms with E-state index < -0.39 is 21.6 Å². The van der Waals surface area contributed by atoms with E-state index in [-0.39, 0.29) is 24.7 Å². The van der Waals surface area contributed by atoms with Crippen LogP contribution in [0.25, 0.3) is 0 Å². The summed E-state index contributed by atoms with van der Waals surface area (Å²) in [6, 6.07) is -0.405. The van der Waals surface area contributed by atoms with Gasteiger partial charge in [0.1, 0.15) is 5.54 Å². The lowest BCUT2D eigenvalue weighted by Crippen LogP contribution is -2.56. The molecule has 2 fully saturated rings. The molecule has 114 valence electrons. The number of carbonyl (C=O) groups excluding carboxylic acids is 2. The van der Waals surface area contributed by atoms with Crippen LogP contribution in [0, 0.1) is 0 Å². The summed E-state index contributed by atoms with van der Waals surface area (Å²) in [5, 5.41) is 2.70. The Hall–Kier alpha value is -1.15. The first-order chi connectivity index (χ1) is 9.32. The molecule has 0 atom stereocenters. The van der Waals surface area contributed by atoms with Crippen molar-refractivity contribution in [3.8, 4) is 0 Å². The first-order valence-corrected chi connectivity index (χ1v) is 8.51. The van der Waals surface area contributed by atoms with Gasteiger partial charge < -0.3 is 5.32 Å². The second-order valence-corrected chi connectivity index (χ2v) is 7.53. The average Bonchev–Trinajstić information content (AvgIpc) is 2.62. The highest BCUT2D eigenvalue weighted by atomic mass is 32.2. The number of carbonyl (C=O) groups is 2. The Morgan fingerprint density at radius 3 is 2.30 bits per heavy atom. The number of piperidine rings is 1. The van der Waals surface area contributed by atoms with Crippen molar-refractivity contribution in [1.82, 2.24) is 14.5 Å². The Bertz CT molecular complexity index is 509. The number of nitrogens with zero attached hydrogens (tertiary/aromatic N) is 2. The van der Waals surface area contributed by atoms with E-state index in [9.17, 15) is 18.0 Å². The lowest BCUT2D eigenvalue weighted by molar-refractivity contribution is -0.131. The fourth-order valence-electron chi connectivity index (χ4n) is 2.70. The number of likely N-dealkylation sites (N-methyl/N-ethyl adjacent to an activating group) is 1. The van der Waals surface area contributed by atoms with Gasteiger partial charge in [0.15, 0.2) is 0 Å². The van der Waals surface area contributed by atoms with Crippen LogP contribution in [0.3, 0.4) is 0 Å². The van der Waals surface area contributed by atoms with Crippen LogP contribution in [-0.4, -0.2) is 61.0 Å². The first-order valence-electron chi connectivity index (χ1n) is 6.90. The molecule has 0 aromatic carbocycles.